The number of ether oxygens (including phenoxy) is 2. The molecule has 0 aliphatic carbocycles. The first kappa shape index (κ1) is 25.9. The Bertz CT molecular complexity index is 1230. The van der Waals surface area contributed by atoms with Crippen LogP contribution in [-0.2, 0) is 9.53 Å². The zero-order valence-electron chi connectivity index (χ0n) is 20.2. The van der Waals surface area contributed by atoms with Crippen LogP contribution < -0.4 is 10.1 Å². The topological polar surface area (TPSA) is 108 Å². The molecule has 0 bridgehead atoms. The molecular formula is C26H28N2O6S. The minimum absolute atomic E-state index is 0.0454. The lowest BCUT2D eigenvalue weighted by Crippen LogP contribution is -2.15. The first-order valence-corrected chi connectivity index (χ1v) is 12.1. The van der Waals surface area contributed by atoms with Crippen LogP contribution in [0.2, 0.25) is 0 Å². The van der Waals surface area contributed by atoms with Crippen LogP contribution in [0.15, 0.2) is 42.5 Å². The second kappa shape index (κ2) is 11.6. The average Bonchev–Trinajstić information content (AvgIpc) is 3.14. The van der Waals surface area contributed by atoms with Crippen LogP contribution in [0.5, 0.6) is 5.75 Å². The van der Waals surface area contributed by atoms with E-state index in [1.807, 2.05) is 39.0 Å². The molecule has 0 atom stereocenters. The highest BCUT2D eigenvalue weighted by atomic mass is 32.1. The van der Waals surface area contributed by atoms with Crippen LogP contribution in [0, 0.1) is 30.9 Å². The standard InChI is InChI=1S/C26H28N2O6S/c1-5-33-26(30)24-23(19-10-12-20(13-11-19)28(31)32)18(4)35-25(24)27-22(29)7-6-14-34-21-15-16(2)8-9-17(21)3/h8-13,15H,5-7,14H2,1-4H3,(H,27,29). The quantitative estimate of drug-likeness (QED) is 0.154. The van der Waals surface area contributed by atoms with Gasteiger partial charge < -0.3 is 14.8 Å². The molecule has 9 heteroatoms. The molecule has 35 heavy (non-hydrogen) atoms. The summed E-state index contributed by atoms with van der Waals surface area (Å²) in [6.07, 6.45) is 0.727. The second-order valence-electron chi connectivity index (χ2n) is 8.03. The molecule has 8 nitrogen and oxygen atoms in total. The number of nitrogens with zero attached hydrogens (tertiary/aromatic N) is 1. The molecule has 184 valence electrons. The molecule has 0 saturated carbocycles. The fourth-order valence-corrected chi connectivity index (χ4v) is 4.68. The number of non-ortho nitro benzene ring substituents is 1. The van der Waals surface area contributed by atoms with Gasteiger partial charge in [-0.15, -0.1) is 11.3 Å². The number of thiophene rings is 1. The van der Waals surface area contributed by atoms with Crippen LogP contribution in [0.4, 0.5) is 10.7 Å². The van der Waals surface area contributed by atoms with Crippen LogP contribution in [0.25, 0.3) is 11.1 Å². The summed E-state index contributed by atoms with van der Waals surface area (Å²) in [5, 5.41) is 14.2. The maximum absolute atomic E-state index is 12.8. The van der Waals surface area contributed by atoms with Crippen molar-refractivity contribution in [2.24, 2.45) is 0 Å². The second-order valence-corrected chi connectivity index (χ2v) is 9.26. The van der Waals surface area contributed by atoms with E-state index in [4.69, 9.17) is 9.47 Å². The molecule has 0 saturated heterocycles. The van der Waals surface area contributed by atoms with E-state index in [9.17, 15) is 19.7 Å². The summed E-state index contributed by atoms with van der Waals surface area (Å²) in [5.74, 6) is 0.00648. The largest absolute Gasteiger partial charge is 0.493 e. The number of esters is 1. The monoisotopic (exact) mass is 496 g/mol. The van der Waals surface area contributed by atoms with Gasteiger partial charge in [0, 0.05) is 29.0 Å². The molecule has 3 rings (SSSR count). The lowest BCUT2D eigenvalue weighted by Gasteiger charge is -2.11. The van der Waals surface area contributed by atoms with Crippen molar-refractivity contribution in [2.45, 2.75) is 40.5 Å². The van der Waals surface area contributed by atoms with Crippen molar-refractivity contribution in [3.63, 3.8) is 0 Å². The molecule has 2 aromatic carbocycles. The van der Waals surface area contributed by atoms with E-state index < -0.39 is 10.9 Å². The number of hydrogen-bond donors (Lipinski definition) is 1. The highest BCUT2D eigenvalue weighted by molar-refractivity contribution is 7.17. The highest BCUT2D eigenvalue weighted by Gasteiger charge is 2.25. The smallest absolute Gasteiger partial charge is 0.341 e. The van der Waals surface area contributed by atoms with Gasteiger partial charge in [0.2, 0.25) is 5.91 Å². The van der Waals surface area contributed by atoms with Crippen molar-refractivity contribution in [2.75, 3.05) is 18.5 Å². The van der Waals surface area contributed by atoms with Gasteiger partial charge in [0.1, 0.15) is 16.3 Å². The molecule has 1 amide bonds. The number of hydrogen-bond acceptors (Lipinski definition) is 7. The van der Waals surface area contributed by atoms with Gasteiger partial charge in [0.05, 0.1) is 18.1 Å². The van der Waals surface area contributed by atoms with E-state index >= 15 is 0 Å². The van der Waals surface area contributed by atoms with Crippen molar-refractivity contribution in [1.82, 2.24) is 0 Å². The summed E-state index contributed by atoms with van der Waals surface area (Å²) < 4.78 is 11.1. The molecule has 3 aromatic rings. The van der Waals surface area contributed by atoms with Crippen molar-refractivity contribution in [3.05, 3.63) is 74.1 Å². The first-order chi connectivity index (χ1) is 16.7. The molecule has 0 spiro atoms. The van der Waals surface area contributed by atoms with Gasteiger partial charge in [-0.3, -0.25) is 14.9 Å². The molecule has 0 unspecified atom stereocenters. The van der Waals surface area contributed by atoms with E-state index in [1.54, 1.807) is 19.1 Å². The van der Waals surface area contributed by atoms with Crippen LogP contribution in [0.3, 0.4) is 0 Å². The number of nitrogens with one attached hydrogen (secondary N) is 1. The summed E-state index contributed by atoms with van der Waals surface area (Å²) in [7, 11) is 0. The number of aryl methyl sites for hydroxylation is 3. The molecule has 0 aliphatic heterocycles. The van der Waals surface area contributed by atoms with Crippen LogP contribution >= 0.6 is 11.3 Å². The minimum Gasteiger partial charge on any atom is -0.493 e. The van der Waals surface area contributed by atoms with E-state index in [0.717, 1.165) is 21.8 Å². The summed E-state index contributed by atoms with van der Waals surface area (Å²) in [4.78, 5) is 36.8. The minimum atomic E-state index is -0.557. The number of benzene rings is 2. The van der Waals surface area contributed by atoms with Crippen molar-refractivity contribution >= 4 is 33.9 Å². The summed E-state index contributed by atoms with van der Waals surface area (Å²) in [5.41, 5.74) is 3.57. The number of carbonyl (C=O) groups excluding carboxylic acids is 2. The Morgan fingerprint density at radius 1 is 1.09 bits per heavy atom. The molecule has 0 aliphatic rings. The Hall–Kier alpha value is -3.72. The molecule has 1 N–H and O–H groups in total. The summed E-state index contributed by atoms with van der Waals surface area (Å²) in [6, 6.07) is 11.9. The highest BCUT2D eigenvalue weighted by Crippen LogP contribution is 2.41. The van der Waals surface area contributed by atoms with Gasteiger partial charge >= 0.3 is 5.97 Å². The fraction of sp³-hybridized carbons (Fsp3) is 0.308. The maximum Gasteiger partial charge on any atom is 0.341 e. The van der Waals surface area contributed by atoms with Crippen LogP contribution in [0.1, 0.15) is 46.1 Å². The van der Waals surface area contributed by atoms with Gasteiger partial charge in [0.15, 0.2) is 0 Å². The molecular weight excluding hydrogens is 468 g/mol. The fourth-order valence-electron chi connectivity index (χ4n) is 3.59. The Balaban J connectivity index is 1.74. The van der Waals surface area contributed by atoms with E-state index in [-0.39, 0.29) is 30.2 Å². The van der Waals surface area contributed by atoms with Gasteiger partial charge in [-0.25, -0.2) is 4.79 Å². The predicted molar refractivity (Wildman–Crippen MR) is 136 cm³/mol. The lowest BCUT2D eigenvalue weighted by molar-refractivity contribution is -0.384. The van der Waals surface area contributed by atoms with E-state index in [1.165, 1.54) is 23.5 Å². The first-order valence-electron chi connectivity index (χ1n) is 11.3. The van der Waals surface area contributed by atoms with Crippen LogP contribution in [-0.4, -0.2) is 30.0 Å². The predicted octanol–water partition coefficient (Wildman–Crippen LogP) is 6.22. The Kier molecular flexibility index (Phi) is 8.59. The van der Waals surface area contributed by atoms with Crippen molar-refractivity contribution < 1.29 is 24.0 Å². The van der Waals surface area contributed by atoms with Gasteiger partial charge in [0.25, 0.3) is 5.69 Å². The third-order valence-electron chi connectivity index (χ3n) is 5.33. The zero-order valence-corrected chi connectivity index (χ0v) is 21.0. The molecule has 0 fully saturated rings. The zero-order chi connectivity index (χ0) is 25.5. The molecule has 0 radical (unpaired) electrons. The number of rotatable bonds is 10. The number of anilines is 1. The third-order valence-corrected chi connectivity index (χ3v) is 6.35. The Morgan fingerprint density at radius 3 is 2.46 bits per heavy atom. The Morgan fingerprint density at radius 2 is 1.80 bits per heavy atom. The van der Waals surface area contributed by atoms with Gasteiger partial charge in [-0.1, -0.05) is 12.1 Å². The van der Waals surface area contributed by atoms with E-state index in [2.05, 4.69) is 5.32 Å². The maximum atomic E-state index is 12.8. The van der Waals surface area contributed by atoms with Gasteiger partial charge in [-0.2, -0.15) is 0 Å². The summed E-state index contributed by atoms with van der Waals surface area (Å²) in [6.45, 7) is 8.07. The SMILES string of the molecule is CCOC(=O)c1c(NC(=O)CCCOc2cc(C)ccc2C)sc(C)c1-c1ccc([N+](=O)[O-])cc1. The van der Waals surface area contributed by atoms with Crippen molar-refractivity contribution in [1.29, 1.82) is 0 Å². The molecule has 1 heterocycles. The Labute approximate surface area is 208 Å². The number of nitro groups is 1. The molecule has 1 aromatic heterocycles. The number of amides is 1. The van der Waals surface area contributed by atoms with E-state index in [0.29, 0.717) is 29.2 Å². The number of carbonyl (C=O) groups is 2. The lowest BCUT2D eigenvalue weighted by atomic mass is 10.0. The van der Waals surface area contributed by atoms with Crippen molar-refractivity contribution in [3.8, 4) is 16.9 Å². The number of nitro benzene ring substituents is 1. The van der Waals surface area contributed by atoms with Gasteiger partial charge in [-0.05, 0) is 69.0 Å². The normalized spacial score (nSPS) is 10.6. The average molecular weight is 497 g/mol. The third kappa shape index (κ3) is 6.45. The summed E-state index contributed by atoms with van der Waals surface area (Å²) >= 11 is 1.27.